The molecule has 0 amide bonds. The van der Waals surface area contributed by atoms with Crippen molar-refractivity contribution in [3.63, 3.8) is 0 Å². The number of hydrogen-bond donors (Lipinski definition) is 1. The standard InChI is InChI=1S/C19H20N2O3.ClH/c1-2-6-15(7-3-1)10-13-23-19(18-20-11-12-21-18)14-22-16-8-4-5-9-17(16)24-19;/h1-9H,10-14H2,(H,20,21);1H. The Morgan fingerprint density at radius 1 is 1.04 bits per heavy atom. The minimum absolute atomic E-state index is 0. The molecule has 1 atom stereocenters. The van der Waals surface area contributed by atoms with E-state index < -0.39 is 5.79 Å². The highest BCUT2D eigenvalue weighted by Gasteiger charge is 2.45. The topological polar surface area (TPSA) is 52.1 Å². The Morgan fingerprint density at radius 3 is 2.56 bits per heavy atom. The average Bonchev–Trinajstić information content (AvgIpc) is 3.18. The van der Waals surface area contributed by atoms with Crippen molar-refractivity contribution in [2.24, 2.45) is 4.99 Å². The van der Waals surface area contributed by atoms with Crippen LogP contribution in [0.4, 0.5) is 0 Å². The van der Waals surface area contributed by atoms with Crippen LogP contribution in [0.3, 0.4) is 0 Å². The second-order valence-electron chi connectivity index (χ2n) is 5.83. The second kappa shape index (κ2) is 7.76. The predicted octanol–water partition coefficient (Wildman–Crippen LogP) is 2.84. The van der Waals surface area contributed by atoms with E-state index in [9.17, 15) is 0 Å². The lowest BCUT2D eigenvalue weighted by molar-refractivity contribution is -0.164. The normalized spacial score (nSPS) is 21.0. The van der Waals surface area contributed by atoms with E-state index in [1.165, 1.54) is 5.56 Å². The van der Waals surface area contributed by atoms with Crippen LogP contribution in [0.15, 0.2) is 59.6 Å². The van der Waals surface area contributed by atoms with Crippen LogP contribution < -0.4 is 14.8 Å². The van der Waals surface area contributed by atoms with Gasteiger partial charge in [0.2, 0.25) is 0 Å². The van der Waals surface area contributed by atoms with Crippen LogP contribution in [0.2, 0.25) is 0 Å². The van der Waals surface area contributed by atoms with E-state index in [2.05, 4.69) is 22.4 Å². The van der Waals surface area contributed by atoms with Crippen LogP contribution in [-0.2, 0) is 11.2 Å². The number of nitrogens with one attached hydrogen (secondary N) is 1. The van der Waals surface area contributed by atoms with Crippen LogP contribution in [0.1, 0.15) is 5.56 Å². The van der Waals surface area contributed by atoms with Gasteiger partial charge < -0.3 is 19.5 Å². The zero-order valence-corrected chi connectivity index (χ0v) is 14.6. The molecular formula is C19H21ClN2O3. The summed E-state index contributed by atoms with van der Waals surface area (Å²) >= 11 is 0. The van der Waals surface area contributed by atoms with Crippen molar-refractivity contribution >= 4 is 18.2 Å². The molecule has 0 aliphatic carbocycles. The van der Waals surface area contributed by atoms with Gasteiger partial charge in [0.25, 0.3) is 0 Å². The van der Waals surface area contributed by atoms with Crippen molar-refractivity contribution in [3.8, 4) is 11.5 Å². The molecule has 2 aliphatic heterocycles. The number of amidine groups is 1. The number of aliphatic imine (C=N–C) groups is 1. The number of halogens is 1. The Labute approximate surface area is 153 Å². The molecule has 2 aliphatic rings. The van der Waals surface area contributed by atoms with Gasteiger partial charge in [-0.25, -0.2) is 0 Å². The zero-order chi connectivity index (χ0) is 16.2. The maximum atomic E-state index is 6.20. The van der Waals surface area contributed by atoms with Gasteiger partial charge in [-0.15, -0.1) is 12.4 Å². The van der Waals surface area contributed by atoms with Crippen molar-refractivity contribution < 1.29 is 14.2 Å². The SMILES string of the molecule is Cl.c1ccc(CCOC2(C3=NCCN3)COc3ccccc3O2)cc1. The molecule has 25 heavy (non-hydrogen) atoms. The first-order chi connectivity index (χ1) is 11.9. The summed E-state index contributed by atoms with van der Waals surface area (Å²) < 4.78 is 18.3. The Hall–Kier alpha value is -2.24. The maximum Gasteiger partial charge on any atom is 0.304 e. The third kappa shape index (κ3) is 3.72. The molecular weight excluding hydrogens is 340 g/mol. The zero-order valence-electron chi connectivity index (χ0n) is 13.8. The minimum Gasteiger partial charge on any atom is -0.482 e. The molecule has 1 N–H and O–H groups in total. The summed E-state index contributed by atoms with van der Waals surface area (Å²) in [4.78, 5) is 4.51. The summed E-state index contributed by atoms with van der Waals surface area (Å²) in [7, 11) is 0. The molecule has 0 saturated carbocycles. The van der Waals surface area contributed by atoms with Crippen molar-refractivity contribution in [1.82, 2.24) is 5.32 Å². The first-order valence-electron chi connectivity index (χ1n) is 8.23. The van der Waals surface area contributed by atoms with Gasteiger partial charge in [0, 0.05) is 6.54 Å². The van der Waals surface area contributed by atoms with Crippen molar-refractivity contribution in [3.05, 3.63) is 60.2 Å². The van der Waals surface area contributed by atoms with Gasteiger partial charge in [-0.2, -0.15) is 0 Å². The fourth-order valence-electron chi connectivity index (χ4n) is 2.92. The summed E-state index contributed by atoms with van der Waals surface area (Å²) in [6, 6.07) is 17.9. The number of para-hydroxylation sites is 2. The van der Waals surface area contributed by atoms with Gasteiger partial charge in [0.05, 0.1) is 13.2 Å². The Kier molecular flexibility index (Phi) is 5.46. The van der Waals surface area contributed by atoms with Gasteiger partial charge in [-0.1, -0.05) is 42.5 Å². The summed E-state index contributed by atoms with van der Waals surface area (Å²) in [5, 5.41) is 3.27. The number of benzene rings is 2. The largest absolute Gasteiger partial charge is 0.482 e. The lowest BCUT2D eigenvalue weighted by Gasteiger charge is -2.37. The Bertz CT molecular complexity index is 738. The maximum absolute atomic E-state index is 6.20. The molecule has 0 spiro atoms. The van der Waals surface area contributed by atoms with Crippen LogP contribution in [0.5, 0.6) is 11.5 Å². The Balaban J connectivity index is 0.00000182. The molecule has 4 rings (SSSR count). The first-order valence-corrected chi connectivity index (χ1v) is 8.23. The molecule has 132 valence electrons. The van der Waals surface area contributed by atoms with E-state index in [1.807, 2.05) is 42.5 Å². The molecule has 5 nitrogen and oxygen atoms in total. The van der Waals surface area contributed by atoms with Crippen molar-refractivity contribution in [2.45, 2.75) is 12.2 Å². The van der Waals surface area contributed by atoms with Gasteiger partial charge >= 0.3 is 5.79 Å². The van der Waals surface area contributed by atoms with Crippen molar-refractivity contribution in [2.75, 3.05) is 26.3 Å². The van der Waals surface area contributed by atoms with Gasteiger partial charge in [0.15, 0.2) is 23.9 Å². The third-order valence-corrected chi connectivity index (χ3v) is 4.15. The van der Waals surface area contributed by atoms with Crippen LogP contribution in [0.25, 0.3) is 0 Å². The first kappa shape index (κ1) is 17.6. The molecule has 2 heterocycles. The third-order valence-electron chi connectivity index (χ3n) is 4.15. The summed E-state index contributed by atoms with van der Waals surface area (Å²) in [6.45, 7) is 2.33. The molecule has 0 saturated heterocycles. The number of fused-ring (bicyclic) bond motifs is 1. The molecule has 0 fully saturated rings. The summed E-state index contributed by atoms with van der Waals surface area (Å²) in [6.07, 6.45) is 0.806. The van der Waals surface area contributed by atoms with Crippen LogP contribution in [-0.4, -0.2) is 37.9 Å². The number of nitrogens with zero attached hydrogens (tertiary/aromatic N) is 1. The molecule has 6 heteroatoms. The van der Waals surface area contributed by atoms with E-state index >= 15 is 0 Å². The molecule has 0 radical (unpaired) electrons. The van der Waals surface area contributed by atoms with E-state index in [0.717, 1.165) is 25.3 Å². The number of ether oxygens (including phenoxy) is 3. The van der Waals surface area contributed by atoms with E-state index in [-0.39, 0.29) is 19.0 Å². The highest BCUT2D eigenvalue weighted by Crippen LogP contribution is 2.36. The molecule has 2 aromatic carbocycles. The van der Waals surface area contributed by atoms with Gasteiger partial charge in [-0.05, 0) is 24.1 Å². The highest BCUT2D eigenvalue weighted by atomic mass is 35.5. The Morgan fingerprint density at radius 2 is 1.80 bits per heavy atom. The molecule has 0 aromatic heterocycles. The minimum atomic E-state index is -1.00. The molecule has 1 unspecified atom stereocenters. The summed E-state index contributed by atoms with van der Waals surface area (Å²) in [5.41, 5.74) is 1.23. The smallest absolute Gasteiger partial charge is 0.304 e. The van der Waals surface area contributed by atoms with Gasteiger partial charge in [0.1, 0.15) is 0 Å². The number of rotatable bonds is 5. The van der Waals surface area contributed by atoms with E-state index in [1.54, 1.807) is 0 Å². The monoisotopic (exact) mass is 360 g/mol. The average molecular weight is 361 g/mol. The van der Waals surface area contributed by atoms with E-state index in [0.29, 0.717) is 18.2 Å². The van der Waals surface area contributed by atoms with Gasteiger partial charge in [-0.3, -0.25) is 4.99 Å². The van der Waals surface area contributed by atoms with E-state index in [4.69, 9.17) is 14.2 Å². The molecule has 2 aromatic rings. The lowest BCUT2D eigenvalue weighted by Crippen LogP contribution is -2.57. The van der Waals surface area contributed by atoms with Crippen LogP contribution >= 0.6 is 12.4 Å². The summed E-state index contributed by atoms with van der Waals surface area (Å²) in [5.74, 6) is 1.13. The number of hydrogen-bond acceptors (Lipinski definition) is 5. The fourth-order valence-corrected chi connectivity index (χ4v) is 2.92. The van der Waals surface area contributed by atoms with Crippen LogP contribution in [0, 0.1) is 0 Å². The fraction of sp³-hybridized carbons (Fsp3) is 0.316. The second-order valence-corrected chi connectivity index (χ2v) is 5.83. The highest BCUT2D eigenvalue weighted by molar-refractivity contribution is 5.91. The van der Waals surface area contributed by atoms with Crippen molar-refractivity contribution in [1.29, 1.82) is 0 Å². The quantitative estimate of drug-likeness (QED) is 0.890. The molecule has 0 bridgehead atoms. The lowest BCUT2D eigenvalue weighted by atomic mass is 10.1. The predicted molar refractivity (Wildman–Crippen MR) is 98.9 cm³/mol.